The zero-order valence-corrected chi connectivity index (χ0v) is 13.3. The molecule has 0 spiro atoms. The van der Waals surface area contributed by atoms with Gasteiger partial charge in [0.25, 0.3) is 10.0 Å². The van der Waals surface area contributed by atoms with Gasteiger partial charge in [-0.3, -0.25) is 4.68 Å². The molecule has 1 unspecified atom stereocenters. The van der Waals surface area contributed by atoms with E-state index in [-0.39, 0.29) is 11.1 Å². The topological polar surface area (TPSA) is 55.2 Å². The summed E-state index contributed by atoms with van der Waals surface area (Å²) in [5.74, 6) is 0. The predicted molar refractivity (Wildman–Crippen MR) is 80.4 cm³/mol. The maximum Gasteiger partial charge on any atom is 0.260 e. The van der Waals surface area contributed by atoms with Crippen LogP contribution in [0.25, 0.3) is 0 Å². The SMILES string of the molecule is Cc1cnn(C)c1S(=O)(=O)N(C)C1CCc2ccccc21. The molecule has 1 aromatic carbocycles. The van der Waals surface area contributed by atoms with E-state index in [0.717, 1.165) is 18.4 Å². The Morgan fingerprint density at radius 2 is 2.05 bits per heavy atom. The van der Waals surface area contributed by atoms with Crippen molar-refractivity contribution < 1.29 is 8.42 Å². The number of benzene rings is 1. The summed E-state index contributed by atoms with van der Waals surface area (Å²) in [7, 11) is -0.225. The Hall–Kier alpha value is -1.66. The van der Waals surface area contributed by atoms with Crippen molar-refractivity contribution in [2.24, 2.45) is 7.05 Å². The molecule has 1 aromatic heterocycles. The highest BCUT2D eigenvalue weighted by Gasteiger charge is 2.35. The molecule has 5 nitrogen and oxygen atoms in total. The van der Waals surface area contributed by atoms with Gasteiger partial charge in [0, 0.05) is 19.7 Å². The van der Waals surface area contributed by atoms with E-state index in [1.165, 1.54) is 14.6 Å². The first-order valence-electron chi connectivity index (χ1n) is 6.97. The van der Waals surface area contributed by atoms with Crippen LogP contribution in [0.2, 0.25) is 0 Å². The Labute approximate surface area is 125 Å². The first kappa shape index (κ1) is 14.3. The third-order valence-corrected chi connectivity index (χ3v) is 6.31. The standard InChI is InChI=1S/C15H19N3O2S/c1-11-10-16-17(2)15(11)21(19,20)18(3)14-9-8-12-6-4-5-7-13(12)14/h4-7,10,14H,8-9H2,1-3H3. The summed E-state index contributed by atoms with van der Waals surface area (Å²) in [4.78, 5) is 0. The molecule has 0 saturated carbocycles. The lowest BCUT2D eigenvalue weighted by Crippen LogP contribution is -2.32. The van der Waals surface area contributed by atoms with Gasteiger partial charge in [-0.25, -0.2) is 8.42 Å². The average Bonchev–Trinajstić information content (AvgIpc) is 3.01. The molecule has 21 heavy (non-hydrogen) atoms. The second-order valence-electron chi connectivity index (χ2n) is 5.53. The molecule has 0 aliphatic heterocycles. The van der Waals surface area contributed by atoms with Crippen LogP contribution in [0.3, 0.4) is 0 Å². The normalized spacial score (nSPS) is 18.2. The number of aromatic nitrogens is 2. The molecule has 1 heterocycles. The van der Waals surface area contributed by atoms with Crippen LogP contribution >= 0.6 is 0 Å². The molecule has 6 heteroatoms. The summed E-state index contributed by atoms with van der Waals surface area (Å²) in [6, 6.07) is 7.97. The number of nitrogens with zero attached hydrogens (tertiary/aromatic N) is 3. The summed E-state index contributed by atoms with van der Waals surface area (Å²) < 4.78 is 28.7. The fourth-order valence-corrected chi connectivity index (χ4v) is 4.79. The second-order valence-corrected chi connectivity index (χ2v) is 7.44. The van der Waals surface area contributed by atoms with E-state index in [0.29, 0.717) is 5.56 Å². The summed E-state index contributed by atoms with van der Waals surface area (Å²) in [5.41, 5.74) is 3.03. The third kappa shape index (κ3) is 2.18. The van der Waals surface area contributed by atoms with Gasteiger partial charge in [-0.2, -0.15) is 9.40 Å². The molecule has 112 valence electrons. The van der Waals surface area contributed by atoms with E-state index in [4.69, 9.17) is 0 Å². The van der Waals surface area contributed by atoms with Crippen LogP contribution in [0, 0.1) is 6.92 Å². The maximum absolute atomic E-state index is 12.9. The van der Waals surface area contributed by atoms with Crippen molar-refractivity contribution in [1.82, 2.24) is 14.1 Å². The van der Waals surface area contributed by atoms with Crippen LogP contribution in [-0.2, 0) is 23.5 Å². The van der Waals surface area contributed by atoms with Crippen molar-refractivity contribution in [3.8, 4) is 0 Å². The molecule has 0 fully saturated rings. The molecule has 1 aliphatic carbocycles. The maximum atomic E-state index is 12.9. The molecule has 1 atom stereocenters. The molecule has 0 bridgehead atoms. The smallest absolute Gasteiger partial charge is 0.256 e. The van der Waals surface area contributed by atoms with Gasteiger partial charge >= 0.3 is 0 Å². The van der Waals surface area contributed by atoms with Gasteiger partial charge in [0.15, 0.2) is 5.03 Å². The highest BCUT2D eigenvalue weighted by molar-refractivity contribution is 7.89. The quantitative estimate of drug-likeness (QED) is 0.872. The van der Waals surface area contributed by atoms with Crippen molar-refractivity contribution in [1.29, 1.82) is 0 Å². The second kappa shape index (κ2) is 4.96. The molecular weight excluding hydrogens is 286 g/mol. The zero-order chi connectivity index (χ0) is 15.2. The summed E-state index contributed by atoms with van der Waals surface area (Å²) >= 11 is 0. The molecule has 3 rings (SSSR count). The van der Waals surface area contributed by atoms with E-state index in [1.807, 2.05) is 18.2 Å². The predicted octanol–water partition coefficient (Wildman–Crippen LogP) is 2.04. The number of hydrogen-bond acceptors (Lipinski definition) is 3. The summed E-state index contributed by atoms with van der Waals surface area (Å²) in [6.45, 7) is 1.77. The van der Waals surface area contributed by atoms with E-state index in [2.05, 4.69) is 11.2 Å². The lowest BCUT2D eigenvalue weighted by Gasteiger charge is -2.25. The monoisotopic (exact) mass is 305 g/mol. The highest BCUT2D eigenvalue weighted by atomic mass is 32.2. The number of aryl methyl sites for hydroxylation is 3. The highest BCUT2D eigenvalue weighted by Crippen LogP contribution is 2.37. The Bertz CT molecular complexity index is 760. The van der Waals surface area contributed by atoms with Crippen molar-refractivity contribution in [3.63, 3.8) is 0 Å². The molecule has 2 aromatic rings. The Balaban J connectivity index is 2.02. The molecule has 0 saturated heterocycles. The Morgan fingerprint density at radius 3 is 2.71 bits per heavy atom. The largest absolute Gasteiger partial charge is 0.260 e. The van der Waals surface area contributed by atoms with Gasteiger partial charge in [-0.1, -0.05) is 24.3 Å². The van der Waals surface area contributed by atoms with E-state index < -0.39 is 10.0 Å². The van der Waals surface area contributed by atoms with Crippen LogP contribution in [0.15, 0.2) is 35.5 Å². The van der Waals surface area contributed by atoms with Crippen LogP contribution in [0.5, 0.6) is 0 Å². The zero-order valence-electron chi connectivity index (χ0n) is 12.4. The van der Waals surface area contributed by atoms with Crippen molar-refractivity contribution >= 4 is 10.0 Å². The van der Waals surface area contributed by atoms with Gasteiger partial charge in [0.2, 0.25) is 0 Å². The number of rotatable bonds is 3. The van der Waals surface area contributed by atoms with Crippen LogP contribution in [0.1, 0.15) is 29.2 Å². The molecule has 0 radical (unpaired) electrons. The summed E-state index contributed by atoms with van der Waals surface area (Å²) in [5, 5.41) is 4.32. The fraction of sp³-hybridized carbons (Fsp3) is 0.400. The first-order chi connectivity index (χ1) is 9.93. The van der Waals surface area contributed by atoms with Gasteiger partial charge in [-0.05, 0) is 30.9 Å². The minimum Gasteiger partial charge on any atom is -0.256 e. The number of hydrogen-bond donors (Lipinski definition) is 0. The molecule has 1 aliphatic rings. The van der Waals surface area contributed by atoms with Crippen molar-refractivity contribution in [2.45, 2.75) is 30.8 Å². The fourth-order valence-electron chi connectivity index (χ4n) is 3.12. The van der Waals surface area contributed by atoms with Gasteiger partial charge in [0.05, 0.1) is 12.2 Å². The van der Waals surface area contributed by atoms with Gasteiger partial charge < -0.3 is 0 Å². The van der Waals surface area contributed by atoms with Crippen molar-refractivity contribution in [2.75, 3.05) is 7.05 Å². The van der Waals surface area contributed by atoms with Crippen LogP contribution < -0.4 is 0 Å². The Morgan fingerprint density at radius 1 is 1.33 bits per heavy atom. The van der Waals surface area contributed by atoms with Crippen LogP contribution in [0.4, 0.5) is 0 Å². The van der Waals surface area contributed by atoms with Gasteiger partial charge in [-0.15, -0.1) is 0 Å². The van der Waals surface area contributed by atoms with Crippen LogP contribution in [-0.4, -0.2) is 29.6 Å². The lowest BCUT2D eigenvalue weighted by atomic mass is 10.1. The summed E-state index contributed by atoms with van der Waals surface area (Å²) in [6.07, 6.45) is 3.33. The first-order valence-corrected chi connectivity index (χ1v) is 8.41. The van der Waals surface area contributed by atoms with Gasteiger partial charge in [0.1, 0.15) is 0 Å². The minimum atomic E-state index is -3.55. The molecule has 0 N–H and O–H groups in total. The van der Waals surface area contributed by atoms with E-state index >= 15 is 0 Å². The van der Waals surface area contributed by atoms with Crippen molar-refractivity contribution in [3.05, 3.63) is 47.2 Å². The third-order valence-electron chi connectivity index (χ3n) is 4.22. The molecule has 0 amide bonds. The number of fused-ring (bicyclic) bond motifs is 1. The lowest BCUT2D eigenvalue weighted by molar-refractivity contribution is 0.370. The molecular formula is C15H19N3O2S. The average molecular weight is 305 g/mol. The van der Waals surface area contributed by atoms with E-state index in [1.54, 1.807) is 27.2 Å². The Kier molecular flexibility index (Phi) is 3.37. The minimum absolute atomic E-state index is 0.0968. The van der Waals surface area contributed by atoms with E-state index in [9.17, 15) is 8.42 Å². The number of sulfonamides is 1.